The van der Waals surface area contributed by atoms with Gasteiger partial charge in [-0.05, 0) is 12.8 Å². The maximum atomic E-state index is 11.7. The van der Waals surface area contributed by atoms with Crippen molar-refractivity contribution in [2.24, 2.45) is 5.73 Å². The summed E-state index contributed by atoms with van der Waals surface area (Å²) in [6.45, 7) is 0.844. The fourth-order valence-electron chi connectivity index (χ4n) is 2.53. The molecule has 1 aliphatic carbocycles. The second kappa shape index (κ2) is 4.19. The molecule has 2 aliphatic rings. The van der Waals surface area contributed by atoms with Gasteiger partial charge in [-0.2, -0.15) is 0 Å². The van der Waals surface area contributed by atoms with Crippen LogP contribution in [0.5, 0.6) is 0 Å². The first-order chi connectivity index (χ1) is 6.68. The van der Waals surface area contributed by atoms with Crippen molar-refractivity contribution >= 4 is 21.8 Å². The molecule has 3 nitrogen and oxygen atoms in total. The summed E-state index contributed by atoms with van der Waals surface area (Å²) in [6, 6.07) is 0.504. The quantitative estimate of drug-likeness (QED) is 0.722. The van der Waals surface area contributed by atoms with Gasteiger partial charge in [0.1, 0.15) is 0 Å². The molecule has 1 amide bonds. The number of amides is 1. The minimum atomic E-state index is 0.200. The maximum absolute atomic E-state index is 11.7. The summed E-state index contributed by atoms with van der Waals surface area (Å²) in [5.74, 6) is 0.272. The van der Waals surface area contributed by atoms with Gasteiger partial charge in [0.15, 0.2) is 0 Å². The van der Waals surface area contributed by atoms with Crippen LogP contribution in [-0.2, 0) is 4.79 Å². The number of hydrogen-bond donors (Lipinski definition) is 1. The van der Waals surface area contributed by atoms with Gasteiger partial charge in [0.25, 0.3) is 0 Å². The van der Waals surface area contributed by atoms with Gasteiger partial charge < -0.3 is 10.6 Å². The first-order valence-corrected chi connectivity index (χ1v) is 6.29. The van der Waals surface area contributed by atoms with E-state index in [4.69, 9.17) is 5.73 Å². The molecule has 3 atom stereocenters. The van der Waals surface area contributed by atoms with E-state index >= 15 is 0 Å². The highest BCUT2D eigenvalue weighted by atomic mass is 79.9. The van der Waals surface area contributed by atoms with Crippen LogP contribution in [0.1, 0.15) is 32.1 Å². The lowest BCUT2D eigenvalue weighted by atomic mass is 9.90. The molecule has 14 heavy (non-hydrogen) atoms. The van der Waals surface area contributed by atoms with Crippen LogP contribution in [0.3, 0.4) is 0 Å². The molecule has 0 spiro atoms. The number of nitrogens with two attached hydrogens (primary N) is 1. The van der Waals surface area contributed by atoms with Gasteiger partial charge >= 0.3 is 0 Å². The molecule has 1 saturated heterocycles. The molecule has 1 heterocycles. The molecule has 0 aromatic carbocycles. The van der Waals surface area contributed by atoms with E-state index in [9.17, 15) is 4.79 Å². The van der Waals surface area contributed by atoms with Crippen LogP contribution in [0, 0.1) is 0 Å². The van der Waals surface area contributed by atoms with Crippen LogP contribution >= 0.6 is 15.9 Å². The van der Waals surface area contributed by atoms with Crippen LogP contribution in [0.15, 0.2) is 0 Å². The molecule has 2 fully saturated rings. The van der Waals surface area contributed by atoms with Gasteiger partial charge in [0.05, 0.1) is 0 Å². The highest BCUT2D eigenvalue weighted by molar-refractivity contribution is 9.09. The highest BCUT2D eigenvalue weighted by Crippen LogP contribution is 2.27. The van der Waals surface area contributed by atoms with Crippen molar-refractivity contribution < 1.29 is 4.79 Å². The van der Waals surface area contributed by atoms with Crippen molar-refractivity contribution in [3.63, 3.8) is 0 Å². The normalized spacial score (nSPS) is 39.1. The summed E-state index contributed by atoms with van der Waals surface area (Å²) < 4.78 is 0. The standard InChI is InChI=1S/C10H17BrN2O/c11-7-5-10(14)13(6-7)9-4-2-1-3-8(9)12/h7-9H,1-6,12H2. The monoisotopic (exact) mass is 260 g/mol. The molecular formula is C10H17BrN2O. The van der Waals surface area contributed by atoms with Crippen molar-refractivity contribution in [1.29, 1.82) is 0 Å². The van der Waals surface area contributed by atoms with Gasteiger partial charge in [0.2, 0.25) is 5.91 Å². The first-order valence-electron chi connectivity index (χ1n) is 5.37. The van der Waals surface area contributed by atoms with Crippen LogP contribution in [0.25, 0.3) is 0 Å². The molecule has 0 bridgehead atoms. The Morgan fingerprint density at radius 3 is 2.64 bits per heavy atom. The van der Waals surface area contributed by atoms with E-state index in [0.29, 0.717) is 17.3 Å². The average Bonchev–Trinajstić information content (AvgIpc) is 2.46. The largest absolute Gasteiger partial charge is 0.337 e. The summed E-state index contributed by atoms with van der Waals surface area (Å²) in [4.78, 5) is 14.0. The van der Waals surface area contributed by atoms with Crippen molar-refractivity contribution in [3.8, 4) is 0 Å². The van der Waals surface area contributed by atoms with Crippen molar-refractivity contribution in [3.05, 3.63) is 0 Å². The summed E-state index contributed by atoms with van der Waals surface area (Å²) in [5.41, 5.74) is 6.06. The van der Waals surface area contributed by atoms with E-state index in [1.807, 2.05) is 4.90 Å². The number of likely N-dealkylation sites (tertiary alicyclic amines) is 1. The minimum absolute atomic E-state index is 0.200. The zero-order valence-electron chi connectivity index (χ0n) is 8.29. The zero-order chi connectivity index (χ0) is 10.1. The Balaban J connectivity index is 2.02. The van der Waals surface area contributed by atoms with Crippen molar-refractivity contribution in [2.45, 2.75) is 49.0 Å². The Kier molecular flexibility index (Phi) is 3.12. The van der Waals surface area contributed by atoms with Gasteiger partial charge in [-0.25, -0.2) is 0 Å². The number of hydrogen-bond acceptors (Lipinski definition) is 2. The molecule has 0 aromatic rings. The molecule has 0 radical (unpaired) electrons. The first kappa shape index (κ1) is 10.4. The Bertz CT molecular complexity index is 234. The number of carbonyl (C=O) groups excluding carboxylic acids is 1. The summed E-state index contributed by atoms with van der Waals surface area (Å²) in [6.07, 6.45) is 5.24. The maximum Gasteiger partial charge on any atom is 0.224 e. The Morgan fingerprint density at radius 2 is 2.07 bits per heavy atom. The topological polar surface area (TPSA) is 46.3 Å². The Labute approximate surface area is 93.1 Å². The predicted molar refractivity (Wildman–Crippen MR) is 59.3 cm³/mol. The lowest BCUT2D eigenvalue weighted by Crippen LogP contribution is -2.50. The lowest BCUT2D eigenvalue weighted by molar-refractivity contribution is -0.130. The number of nitrogens with zero attached hydrogens (tertiary/aromatic N) is 1. The van der Waals surface area contributed by atoms with Crippen molar-refractivity contribution in [1.82, 2.24) is 4.90 Å². The van der Waals surface area contributed by atoms with Crippen LogP contribution in [0.4, 0.5) is 0 Å². The van der Waals surface area contributed by atoms with Crippen LogP contribution < -0.4 is 5.73 Å². The van der Waals surface area contributed by atoms with E-state index in [1.165, 1.54) is 12.8 Å². The number of rotatable bonds is 1. The van der Waals surface area contributed by atoms with E-state index in [-0.39, 0.29) is 11.9 Å². The molecule has 1 aliphatic heterocycles. The summed E-state index contributed by atoms with van der Waals surface area (Å²) in [7, 11) is 0. The molecule has 2 rings (SSSR count). The van der Waals surface area contributed by atoms with Gasteiger partial charge in [-0.3, -0.25) is 4.79 Å². The van der Waals surface area contributed by atoms with E-state index in [1.54, 1.807) is 0 Å². The zero-order valence-corrected chi connectivity index (χ0v) is 9.87. The van der Waals surface area contributed by atoms with Gasteiger partial charge in [-0.15, -0.1) is 0 Å². The summed E-state index contributed by atoms with van der Waals surface area (Å²) in [5, 5.41) is 0. The van der Waals surface area contributed by atoms with Crippen molar-refractivity contribution in [2.75, 3.05) is 6.54 Å². The third-order valence-corrected chi connectivity index (χ3v) is 3.91. The lowest BCUT2D eigenvalue weighted by Gasteiger charge is -2.35. The number of carbonyl (C=O) groups is 1. The predicted octanol–water partition coefficient (Wildman–Crippen LogP) is 1.25. The Hall–Kier alpha value is -0.0900. The van der Waals surface area contributed by atoms with E-state index in [2.05, 4.69) is 15.9 Å². The number of alkyl halides is 1. The summed E-state index contributed by atoms with van der Waals surface area (Å²) >= 11 is 3.50. The minimum Gasteiger partial charge on any atom is -0.337 e. The fraction of sp³-hybridized carbons (Fsp3) is 0.900. The smallest absolute Gasteiger partial charge is 0.224 e. The van der Waals surface area contributed by atoms with Crippen LogP contribution in [-0.4, -0.2) is 34.3 Å². The molecular weight excluding hydrogens is 244 g/mol. The van der Waals surface area contributed by atoms with Gasteiger partial charge in [0, 0.05) is 29.9 Å². The van der Waals surface area contributed by atoms with E-state index in [0.717, 1.165) is 19.4 Å². The number of halogens is 1. The average molecular weight is 261 g/mol. The molecule has 80 valence electrons. The highest BCUT2D eigenvalue weighted by Gasteiger charge is 2.36. The third kappa shape index (κ3) is 1.96. The fourth-order valence-corrected chi connectivity index (χ4v) is 3.12. The second-order valence-electron chi connectivity index (χ2n) is 4.36. The molecule has 4 heteroatoms. The van der Waals surface area contributed by atoms with Gasteiger partial charge in [-0.1, -0.05) is 28.8 Å². The van der Waals surface area contributed by atoms with Crippen LogP contribution in [0.2, 0.25) is 0 Å². The molecule has 1 saturated carbocycles. The third-order valence-electron chi connectivity index (χ3n) is 3.29. The van der Waals surface area contributed by atoms with E-state index < -0.39 is 0 Å². The second-order valence-corrected chi connectivity index (χ2v) is 5.66. The Morgan fingerprint density at radius 1 is 1.36 bits per heavy atom. The SMILES string of the molecule is NC1CCCCC1N1CC(Br)CC1=O. The molecule has 0 aromatic heterocycles. The molecule has 2 N–H and O–H groups in total. The molecule has 3 unspecified atom stereocenters.